The lowest BCUT2D eigenvalue weighted by atomic mass is 9.86. The van der Waals surface area contributed by atoms with Crippen LogP contribution in [0.3, 0.4) is 0 Å². The number of hydrogen-bond acceptors (Lipinski definition) is 7. The Morgan fingerprint density at radius 3 is 2.22 bits per heavy atom. The van der Waals surface area contributed by atoms with Gasteiger partial charge in [0.15, 0.2) is 5.75 Å². The van der Waals surface area contributed by atoms with Gasteiger partial charge < -0.3 is 25.0 Å². The van der Waals surface area contributed by atoms with Crippen LogP contribution >= 0.6 is 0 Å². The maximum absolute atomic E-state index is 13.4. The van der Waals surface area contributed by atoms with Crippen molar-refractivity contribution in [2.45, 2.75) is 45.4 Å². The molecule has 0 aliphatic carbocycles. The Bertz CT molecular complexity index is 1880. The molecular formula is C34H39N5O6S. The third-order valence-electron chi connectivity index (χ3n) is 7.66. The van der Waals surface area contributed by atoms with Crippen molar-refractivity contribution in [2.24, 2.45) is 0 Å². The molecule has 3 amide bonds. The summed E-state index contributed by atoms with van der Waals surface area (Å²) in [5.41, 5.74) is 1.82. The molecule has 12 heteroatoms. The number of sulfonamides is 1. The molecular weight excluding hydrogens is 606 g/mol. The summed E-state index contributed by atoms with van der Waals surface area (Å²) < 4.78 is 38.4. The van der Waals surface area contributed by atoms with E-state index < -0.39 is 16.1 Å². The minimum atomic E-state index is -3.62. The topological polar surface area (TPSA) is 139 Å². The van der Waals surface area contributed by atoms with Gasteiger partial charge in [0.05, 0.1) is 30.4 Å². The summed E-state index contributed by atoms with van der Waals surface area (Å²) in [6.07, 6.45) is 5.73. The Kier molecular flexibility index (Phi) is 9.38. The van der Waals surface area contributed by atoms with Gasteiger partial charge in [-0.1, -0.05) is 45.0 Å². The summed E-state index contributed by atoms with van der Waals surface area (Å²) in [7, 11) is -2.21. The van der Waals surface area contributed by atoms with Gasteiger partial charge in [0.1, 0.15) is 17.2 Å². The predicted molar refractivity (Wildman–Crippen MR) is 181 cm³/mol. The van der Waals surface area contributed by atoms with Crippen molar-refractivity contribution in [3.05, 3.63) is 78.1 Å². The summed E-state index contributed by atoms with van der Waals surface area (Å²) in [5, 5.41) is 7.20. The Balaban J connectivity index is 1.40. The molecule has 11 nitrogen and oxygen atoms in total. The molecule has 2 heterocycles. The van der Waals surface area contributed by atoms with Crippen LogP contribution in [0.25, 0.3) is 10.8 Å². The highest BCUT2D eigenvalue weighted by atomic mass is 32.2. The van der Waals surface area contributed by atoms with E-state index in [9.17, 15) is 18.0 Å². The van der Waals surface area contributed by atoms with Crippen molar-refractivity contribution in [1.29, 1.82) is 0 Å². The Labute approximate surface area is 269 Å². The maximum Gasteiger partial charge on any atom is 0.323 e. The normalized spacial score (nSPS) is 13.6. The zero-order chi connectivity index (χ0) is 33.1. The van der Waals surface area contributed by atoms with Crippen LogP contribution in [0, 0.1) is 0 Å². The first-order valence-electron chi connectivity index (χ1n) is 15.1. The lowest BCUT2D eigenvalue weighted by molar-refractivity contribution is 0.0718. The van der Waals surface area contributed by atoms with Gasteiger partial charge in [0, 0.05) is 36.1 Å². The number of fused-ring (bicyclic) bond motifs is 1. The van der Waals surface area contributed by atoms with E-state index in [1.807, 2.05) is 49.9 Å². The first-order chi connectivity index (χ1) is 21.8. The van der Waals surface area contributed by atoms with E-state index in [1.165, 1.54) is 7.11 Å². The number of urea groups is 1. The van der Waals surface area contributed by atoms with Crippen LogP contribution in [0.2, 0.25) is 0 Å². The number of carbonyl (C=O) groups is 2. The zero-order valence-electron chi connectivity index (χ0n) is 26.6. The number of hydrogen-bond donors (Lipinski definition) is 3. The van der Waals surface area contributed by atoms with Gasteiger partial charge in [0.25, 0.3) is 5.91 Å². The number of likely N-dealkylation sites (tertiary alicyclic amines) is 1. The first-order valence-corrected chi connectivity index (χ1v) is 16.9. The third kappa shape index (κ3) is 7.68. The van der Waals surface area contributed by atoms with Gasteiger partial charge in [-0.3, -0.25) is 14.5 Å². The summed E-state index contributed by atoms with van der Waals surface area (Å²) in [5.74, 6) is 1.09. The van der Waals surface area contributed by atoms with E-state index >= 15 is 0 Å². The Hall–Kier alpha value is -4.84. The van der Waals surface area contributed by atoms with Crippen LogP contribution < -0.4 is 24.8 Å². The number of methoxy groups -OCH3 is 1. The van der Waals surface area contributed by atoms with Crippen molar-refractivity contribution in [2.75, 3.05) is 41.8 Å². The molecule has 0 saturated carbocycles. The van der Waals surface area contributed by atoms with Gasteiger partial charge in [-0.2, -0.15) is 0 Å². The highest BCUT2D eigenvalue weighted by Gasteiger charge is 2.23. The molecule has 0 atom stereocenters. The largest absolute Gasteiger partial charge is 0.492 e. The molecule has 0 radical (unpaired) electrons. The monoisotopic (exact) mass is 645 g/mol. The van der Waals surface area contributed by atoms with Crippen LogP contribution in [-0.2, 0) is 15.4 Å². The van der Waals surface area contributed by atoms with E-state index in [0.29, 0.717) is 28.6 Å². The summed E-state index contributed by atoms with van der Waals surface area (Å²) in [6, 6.07) is 17.2. The molecule has 1 aromatic heterocycles. The van der Waals surface area contributed by atoms with Crippen molar-refractivity contribution < 1.29 is 27.5 Å². The predicted octanol–water partition coefficient (Wildman–Crippen LogP) is 6.97. The third-order valence-corrected chi connectivity index (χ3v) is 8.25. The average molecular weight is 646 g/mol. The van der Waals surface area contributed by atoms with Gasteiger partial charge in [-0.05, 0) is 60.6 Å². The second-order valence-corrected chi connectivity index (χ2v) is 14.0. The highest BCUT2D eigenvalue weighted by Crippen LogP contribution is 2.40. The van der Waals surface area contributed by atoms with Gasteiger partial charge in [0.2, 0.25) is 10.0 Å². The number of pyridine rings is 1. The van der Waals surface area contributed by atoms with Crippen LogP contribution in [0.15, 0.2) is 66.9 Å². The molecule has 0 spiro atoms. The lowest BCUT2D eigenvalue weighted by Gasteiger charge is -2.26. The van der Waals surface area contributed by atoms with Crippen LogP contribution in [0.4, 0.5) is 21.9 Å². The standard InChI is InChI=1S/C34H39N5O6S/c1-34(2,3)22-19-27(31(44-4)28(20-22)38-46(5,42)43)37-33(41)36-26-13-14-30(25-12-8-7-11-24(25)26)45-23-15-16-35-29(21-23)32(40)39-17-9-6-10-18-39/h7-8,11-16,19-21,38H,6,9-10,17-18H2,1-5H3,(H2,36,37,41). The van der Waals surface area contributed by atoms with Crippen LogP contribution in [-0.4, -0.2) is 56.7 Å². The summed E-state index contributed by atoms with van der Waals surface area (Å²) in [6.45, 7) is 7.41. The number of nitrogens with one attached hydrogen (secondary N) is 3. The molecule has 4 aromatic rings. The van der Waals surface area contributed by atoms with Crippen molar-refractivity contribution >= 4 is 49.8 Å². The van der Waals surface area contributed by atoms with E-state index in [-0.39, 0.29) is 22.8 Å². The number of ether oxygens (including phenoxy) is 2. The number of carbonyl (C=O) groups excluding carboxylic acids is 2. The summed E-state index contributed by atoms with van der Waals surface area (Å²) >= 11 is 0. The minimum Gasteiger partial charge on any atom is -0.492 e. The lowest BCUT2D eigenvalue weighted by Crippen LogP contribution is -2.36. The molecule has 0 unspecified atom stereocenters. The maximum atomic E-state index is 13.4. The molecule has 1 fully saturated rings. The number of benzene rings is 3. The van der Waals surface area contributed by atoms with E-state index in [2.05, 4.69) is 20.3 Å². The second kappa shape index (κ2) is 13.3. The molecule has 1 aliphatic rings. The van der Waals surface area contributed by atoms with Gasteiger partial charge in [-0.25, -0.2) is 13.2 Å². The quantitative estimate of drug-likeness (QED) is 0.188. The number of piperidine rings is 1. The molecule has 5 rings (SSSR count). The van der Waals surface area contributed by atoms with Crippen molar-refractivity contribution in [3.63, 3.8) is 0 Å². The van der Waals surface area contributed by atoms with Crippen LogP contribution in [0.1, 0.15) is 56.1 Å². The van der Waals surface area contributed by atoms with Crippen molar-refractivity contribution in [3.8, 4) is 17.2 Å². The molecule has 3 aromatic carbocycles. The molecule has 1 aliphatic heterocycles. The Morgan fingerprint density at radius 1 is 0.870 bits per heavy atom. The van der Waals surface area contributed by atoms with Crippen molar-refractivity contribution in [1.82, 2.24) is 9.88 Å². The number of rotatable bonds is 8. The molecule has 3 N–H and O–H groups in total. The fourth-order valence-corrected chi connectivity index (χ4v) is 5.92. The van der Waals surface area contributed by atoms with Gasteiger partial charge >= 0.3 is 6.03 Å². The fraction of sp³-hybridized carbons (Fsp3) is 0.324. The molecule has 46 heavy (non-hydrogen) atoms. The number of amides is 3. The molecule has 1 saturated heterocycles. The van der Waals surface area contributed by atoms with E-state index in [4.69, 9.17) is 9.47 Å². The van der Waals surface area contributed by atoms with Crippen LogP contribution in [0.5, 0.6) is 17.2 Å². The first kappa shape index (κ1) is 32.6. The number of aromatic nitrogens is 1. The summed E-state index contributed by atoms with van der Waals surface area (Å²) in [4.78, 5) is 32.5. The van der Waals surface area contributed by atoms with E-state index in [1.54, 1.807) is 42.6 Å². The van der Waals surface area contributed by atoms with E-state index in [0.717, 1.165) is 54.9 Å². The van der Waals surface area contributed by atoms with Gasteiger partial charge in [-0.15, -0.1) is 0 Å². The zero-order valence-corrected chi connectivity index (χ0v) is 27.5. The minimum absolute atomic E-state index is 0.107. The SMILES string of the molecule is COc1c(NC(=O)Nc2ccc(Oc3ccnc(C(=O)N4CCCCC4)c3)c3ccccc23)cc(C(C)(C)C)cc1NS(C)(=O)=O. The smallest absolute Gasteiger partial charge is 0.323 e. The second-order valence-electron chi connectivity index (χ2n) is 12.3. The molecule has 242 valence electrons. The number of anilines is 3. The highest BCUT2D eigenvalue weighted by molar-refractivity contribution is 7.92. The molecule has 0 bridgehead atoms. The number of nitrogens with zero attached hydrogens (tertiary/aromatic N) is 2. The Morgan fingerprint density at radius 2 is 1.54 bits per heavy atom. The average Bonchev–Trinajstić information content (AvgIpc) is 3.01. The fourth-order valence-electron chi connectivity index (χ4n) is 5.37.